The molecule has 5 rings (SSSR count). The Labute approximate surface area is 249 Å². The number of aryl methyl sites for hydroxylation is 1. The van der Waals surface area contributed by atoms with Crippen LogP contribution in [0.3, 0.4) is 0 Å². The number of Topliss-reactive ketones (excluding diaryl/α,β-unsaturated/α-hetero) is 1. The zero-order chi connectivity index (χ0) is 30.6. The Morgan fingerprint density at radius 3 is 2.70 bits per heavy atom. The van der Waals surface area contributed by atoms with Crippen molar-refractivity contribution < 1.29 is 22.7 Å². The molecule has 0 amide bonds. The second-order valence-corrected chi connectivity index (χ2v) is 10.9. The minimum Gasteiger partial charge on any atom is -0.381 e. The molecule has 7 nitrogen and oxygen atoms in total. The van der Waals surface area contributed by atoms with Crippen molar-refractivity contribution in [2.24, 2.45) is 0 Å². The summed E-state index contributed by atoms with van der Waals surface area (Å²) in [6, 6.07) is 5.78. The third-order valence-electron chi connectivity index (χ3n) is 7.53. The molecule has 10 heteroatoms. The summed E-state index contributed by atoms with van der Waals surface area (Å²) in [5, 5.41) is 3.93. The number of halogens is 3. The summed E-state index contributed by atoms with van der Waals surface area (Å²) in [6.07, 6.45) is 9.40. The molecule has 0 fully saturated rings. The predicted octanol–water partition coefficient (Wildman–Crippen LogP) is 7.43. The van der Waals surface area contributed by atoms with E-state index in [0.29, 0.717) is 61.5 Å². The van der Waals surface area contributed by atoms with Gasteiger partial charge >= 0.3 is 6.18 Å². The van der Waals surface area contributed by atoms with Crippen molar-refractivity contribution in [3.05, 3.63) is 94.4 Å². The largest absolute Gasteiger partial charge is 0.435 e. The first-order valence-corrected chi connectivity index (χ1v) is 14.7. The topological polar surface area (TPSA) is 74.3 Å². The van der Waals surface area contributed by atoms with Gasteiger partial charge in [0.05, 0.1) is 29.7 Å². The fourth-order valence-electron chi connectivity index (χ4n) is 5.45. The van der Waals surface area contributed by atoms with E-state index in [1.54, 1.807) is 16.8 Å². The van der Waals surface area contributed by atoms with Crippen LogP contribution < -0.4 is 0 Å². The van der Waals surface area contributed by atoms with Crippen molar-refractivity contribution in [3.8, 4) is 11.3 Å². The van der Waals surface area contributed by atoms with Gasteiger partial charge in [0.1, 0.15) is 0 Å². The standard InChI is InChI=1S/C33H36F3N5O2/c1-4-14-43-15-6-7-30(42)26-11-10-23(17-25(26)5-2)18-28-32-38-19-29(41(32)13-12-37-28)27-21-40(39-31(27)33(34,35)36)20-24-9-8-22(3)16-24/h9-13,16-17,19,21H,4-8,14-15,18,20H2,1-3H3. The molecule has 226 valence electrons. The molecule has 0 unspecified atom stereocenters. The van der Waals surface area contributed by atoms with Crippen molar-refractivity contribution in [3.63, 3.8) is 0 Å². The molecular formula is C33H36F3N5O2. The molecule has 1 aliphatic rings. The number of benzene rings is 1. The molecule has 43 heavy (non-hydrogen) atoms. The molecule has 0 radical (unpaired) electrons. The highest BCUT2D eigenvalue weighted by Gasteiger charge is 2.38. The van der Waals surface area contributed by atoms with Gasteiger partial charge < -0.3 is 4.74 Å². The summed E-state index contributed by atoms with van der Waals surface area (Å²) in [5.74, 6) is 0.0954. The summed E-state index contributed by atoms with van der Waals surface area (Å²) in [5.41, 5.74) is 5.13. The van der Waals surface area contributed by atoms with Gasteiger partial charge in [-0.1, -0.05) is 49.8 Å². The number of imidazole rings is 1. The fraction of sp³-hybridized carbons (Fsp3) is 0.394. The molecule has 0 atom stereocenters. The minimum absolute atomic E-state index is 0.0346. The number of nitrogens with zero attached hydrogens (tertiary/aromatic N) is 5. The zero-order valence-corrected chi connectivity index (χ0v) is 24.7. The van der Waals surface area contributed by atoms with Crippen LogP contribution in [0.25, 0.3) is 16.9 Å². The first-order chi connectivity index (χ1) is 20.7. The molecule has 0 saturated heterocycles. The lowest BCUT2D eigenvalue weighted by atomic mass is 9.95. The van der Waals surface area contributed by atoms with Crippen molar-refractivity contribution in [2.75, 3.05) is 13.2 Å². The lowest BCUT2D eigenvalue weighted by molar-refractivity contribution is -0.141. The van der Waals surface area contributed by atoms with Crippen molar-refractivity contribution in [1.29, 1.82) is 0 Å². The van der Waals surface area contributed by atoms with E-state index in [1.807, 2.05) is 44.2 Å². The number of rotatable bonds is 13. The van der Waals surface area contributed by atoms with E-state index >= 15 is 0 Å². The van der Waals surface area contributed by atoms with Crippen LogP contribution in [0.2, 0.25) is 0 Å². The number of alkyl halides is 3. The quantitative estimate of drug-likeness (QED) is 0.119. The fourth-order valence-corrected chi connectivity index (χ4v) is 5.45. The highest BCUT2D eigenvalue weighted by molar-refractivity contribution is 5.97. The number of ketones is 1. The Kier molecular flexibility index (Phi) is 9.25. The van der Waals surface area contributed by atoms with Crippen molar-refractivity contribution in [1.82, 2.24) is 24.1 Å². The van der Waals surface area contributed by atoms with Crippen LogP contribution >= 0.6 is 0 Å². The summed E-state index contributed by atoms with van der Waals surface area (Å²) >= 11 is 0. The number of carbonyl (C=O) groups excluding carboxylic acids is 1. The molecular weight excluding hydrogens is 555 g/mol. The molecule has 1 aliphatic carbocycles. The first-order valence-electron chi connectivity index (χ1n) is 14.7. The summed E-state index contributed by atoms with van der Waals surface area (Å²) in [4.78, 5) is 21.9. The number of carbonyl (C=O) groups is 1. The summed E-state index contributed by atoms with van der Waals surface area (Å²) in [7, 11) is 0. The SMILES string of the molecule is CCCOCCCC(=O)c1ccc(Cc2nccn3c(-c4cn(CC5=CCC(C)=C5)nc4C(F)(F)F)cnc23)cc1CC. The molecule has 0 aliphatic heterocycles. The summed E-state index contributed by atoms with van der Waals surface area (Å²) in [6.45, 7) is 7.59. The molecule has 0 N–H and O–H groups in total. The maximum absolute atomic E-state index is 14.1. The van der Waals surface area contributed by atoms with E-state index < -0.39 is 11.9 Å². The van der Waals surface area contributed by atoms with Crippen molar-refractivity contribution in [2.45, 2.75) is 72.0 Å². The van der Waals surface area contributed by atoms with E-state index in [1.165, 1.54) is 22.6 Å². The summed E-state index contributed by atoms with van der Waals surface area (Å²) < 4.78 is 50.8. The maximum Gasteiger partial charge on any atom is 0.435 e. The number of hydrogen-bond acceptors (Lipinski definition) is 5. The minimum atomic E-state index is -4.63. The van der Waals surface area contributed by atoms with Gasteiger partial charge in [-0.15, -0.1) is 0 Å². The molecule has 0 bridgehead atoms. The van der Waals surface area contributed by atoms with E-state index in [2.05, 4.69) is 22.0 Å². The molecule has 0 spiro atoms. The van der Waals surface area contributed by atoms with Crippen LogP contribution in [0.5, 0.6) is 0 Å². The van der Waals surface area contributed by atoms with E-state index in [4.69, 9.17) is 4.74 Å². The van der Waals surface area contributed by atoms with E-state index in [-0.39, 0.29) is 17.9 Å². The van der Waals surface area contributed by atoms with Gasteiger partial charge in [-0.2, -0.15) is 18.3 Å². The third-order valence-corrected chi connectivity index (χ3v) is 7.53. The van der Waals surface area contributed by atoms with Crippen LogP contribution in [0.4, 0.5) is 13.2 Å². The molecule has 3 aromatic heterocycles. The highest BCUT2D eigenvalue weighted by Crippen LogP contribution is 2.37. The average Bonchev–Trinajstić information content (AvgIpc) is 3.71. The van der Waals surface area contributed by atoms with Gasteiger partial charge in [-0.05, 0) is 49.3 Å². The first kappa shape index (κ1) is 30.4. The molecule has 4 aromatic rings. The average molecular weight is 592 g/mol. The lowest BCUT2D eigenvalue weighted by Gasteiger charge is -2.11. The van der Waals surface area contributed by atoms with Gasteiger partial charge in [0.15, 0.2) is 17.1 Å². The Morgan fingerprint density at radius 2 is 1.98 bits per heavy atom. The third kappa shape index (κ3) is 6.96. The normalized spacial score (nSPS) is 13.5. The van der Waals surface area contributed by atoms with Crippen LogP contribution in [0.15, 0.2) is 66.3 Å². The van der Waals surface area contributed by atoms with Crippen LogP contribution in [0, 0.1) is 0 Å². The van der Waals surface area contributed by atoms with Gasteiger partial charge in [0.2, 0.25) is 0 Å². The Bertz CT molecular complexity index is 1680. The van der Waals surface area contributed by atoms with Crippen LogP contribution in [0.1, 0.15) is 79.3 Å². The van der Waals surface area contributed by atoms with Gasteiger partial charge in [-0.25, -0.2) is 4.98 Å². The monoisotopic (exact) mass is 591 g/mol. The predicted molar refractivity (Wildman–Crippen MR) is 159 cm³/mol. The number of allylic oxidation sites excluding steroid dienone is 4. The van der Waals surface area contributed by atoms with Crippen LogP contribution in [-0.4, -0.2) is 43.1 Å². The maximum atomic E-state index is 14.1. The molecule has 0 saturated carbocycles. The Morgan fingerprint density at radius 1 is 1.14 bits per heavy atom. The lowest BCUT2D eigenvalue weighted by Crippen LogP contribution is -2.10. The Balaban J connectivity index is 1.40. The number of fused-ring (bicyclic) bond motifs is 1. The number of ether oxygens (including phenoxy) is 1. The van der Waals surface area contributed by atoms with E-state index in [0.717, 1.165) is 29.5 Å². The van der Waals surface area contributed by atoms with Gasteiger partial charge in [0.25, 0.3) is 0 Å². The second-order valence-electron chi connectivity index (χ2n) is 10.9. The molecule has 1 aromatic carbocycles. The second kappa shape index (κ2) is 13.1. The number of aromatic nitrogens is 5. The molecule has 3 heterocycles. The van der Waals surface area contributed by atoms with Gasteiger partial charge in [-0.3, -0.25) is 18.9 Å². The Hall–Kier alpha value is -4.05. The van der Waals surface area contributed by atoms with E-state index in [9.17, 15) is 18.0 Å². The van der Waals surface area contributed by atoms with Crippen molar-refractivity contribution >= 4 is 11.4 Å². The van der Waals surface area contributed by atoms with Crippen LogP contribution in [-0.2, 0) is 30.3 Å². The highest BCUT2D eigenvalue weighted by atomic mass is 19.4. The zero-order valence-electron chi connectivity index (χ0n) is 24.7. The van der Waals surface area contributed by atoms with Gasteiger partial charge in [0, 0.05) is 50.2 Å². The number of hydrogen-bond donors (Lipinski definition) is 0. The smallest absolute Gasteiger partial charge is 0.381 e.